The van der Waals surface area contributed by atoms with E-state index in [9.17, 15) is 0 Å². The summed E-state index contributed by atoms with van der Waals surface area (Å²) in [7, 11) is 1.65. The highest BCUT2D eigenvalue weighted by Crippen LogP contribution is 2.31. The van der Waals surface area contributed by atoms with Gasteiger partial charge < -0.3 is 20.1 Å². The van der Waals surface area contributed by atoms with Crippen molar-refractivity contribution in [1.29, 1.82) is 5.26 Å². The Morgan fingerprint density at radius 1 is 1.10 bits per heavy atom. The van der Waals surface area contributed by atoms with Crippen molar-refractivity contribution in [2.45, 2.75) is 25.4 Å². The Labute approximate surface area is 181 Å². The normalized spacial score (nSPS) is 15.7. The monoisotopic (exact) mass is 416 g/mol. The first-order valence-corrected chi connectivity index (χ1v) is 10.2. The lowest BCUT2D eigenvalue weighted by molar-refractivity contribution is 0.0248. The van der Waals surface area contributed by atoms with Crippen molar-refractivity contribution in [3.05, 3.63) is 54.6 Å². The lowest BCUT2D eigenvalue weighted by Crippen LogP contribution is -2.27. The van der Waals surface area contributed by atoms with E-state index >= 15 is 0 Å². The molecule has 0 saturated carbocycles. The lowest BCUT2D eigenvalue weighted by atomic mass is 10.0. The Bertz CT molecular complexity index is 1040. The van der Waals surface area contributed by atoms with Crippen LogP contribution >= 0.6 is 0 Å². The SMILES string of the molecule is COc1ccc(-c2cnc(Nc3cnc(C#N)cn3)cc2NC[C@@H]2CCCCO2)cc1. The molecule has 4 rings (SSSR count). The van der Waals surface area contributed by atoms with E-state index in [4.69, 9.17) is 14.7 Å². The quantitative estimate of drug-likeness (QED) is 0.592. The smallest absolute Gasteiger partial charge is 0.158 e. The number of rotatable bonds is 7. The molecule has 0 amide bonds. The molecule has 1 fully saturated rings. The first kappa shape index (κ1) is 20.6. The largest absolute Gasteiger partial charge is 0.497 e. The second-order valence-electron chi connectivity index (χ2n) is 7.24. The fourth-order valence-corrected chi connectivity index (χ4v) is 3.44. The zero-order valence-corrected chi connectivity index (χ0v) is 17.3. The molecule has 2 aromatic heterocycles. The van der Waals surface area contributed by atoms with Crippen molar-refractivity contribution in [2.75, 3.05) is 30.9 Å². The number of aromatic nitrogens is 3. The predicted molar refractivity (Wildman–Crippen MR) is 118 cm³/mol. The van der Waals surface area contributed by atoms with Gasteiger partial charge in [0.05, 0.1) is 25.6 Å². The van der Waals surface area contributed by atoms with Gasteiger partial charge in [-0.2, -0.15) is 5.26 Å². The van der Waals surface area contributed by atoms with Crippen LogP contribution in [0.4, 0.5) is 17.3 Å². The van der Waals surface area contributed by atoms with Crippen LogP contribution in [0.25, 0.3) is 11.1 Å². The fourth-order valence-electron chi connectivity index (χ4n) is 3.44. The maximum Gasteiger partial charge on any atom is 0.158 e. The van der Waals surface area contributed by atoms with Gasteiger partial charge in [-0.25, -0.2) is 15.0 Å². The predicted octanol–water partition coefficient (Wildman–Crippen LogP) is 4.14. The van der Waals surface area contributed by atoms with E-state index < -0.39 is 0 Å². The van der Waals surface area contributed by atoms with Crippen LogP contribution in [0.15, 0.2) is 48.9 Å². The third kappa shape index (κ3) is 5.27. The molecular weight excluding hydrogens is 392 g/mol. The summed E-state index contributed by atoms with van der Waals surface area (Å²) in [5, 5.41) is 15.6. The highest BCUT2D eigenvalue weighted by atomic mass is 16.5. The summed E-state index contributed by atoms with van der Waals surface area (Å²) in [6, 6.07) is 11.8. The van der Waals surface area contributed by atoms with Crippen LogP contribution in [0.2, 0.25) is 0 Å². The van der Waals surface area contributed by atoms with Gasteiger partial charge in [0.2, 0.25) is 0 Å². The third-order valence-corrected chi connectivity index (χ3v) is 5.12. The van der Waals surface area contributed by atoms with Crippen LogP contribution in [0.3, 0.4) is 0 Å². The Balaban J connectivity index is 1.58. The Hall–Kier alpha value is -3.70. The highest BCUT2D eigenvalue weighted by molar-refractivity contribution is 5.80. The standard InChI is InChI=1S/C23H24N6O2/c1-30-18-7-5-16(6-8-18)20-14-28-22(29-23-15-25-17(11-24)12-27-23)10-21(20)26-13-19-4-2-3-9-31-19/h5-8,10,12,14-15,19H,2-4,9,13H2,1H3,(H2,26,27,28,29)/t19-/m0/s1. The second-order valence-corrected chi connectivity index (χ2v) is 7.24. The summed E-state index contributed by atoms with van der Waals surface area (Å²) in [5.74, 6) is 1.95. The zero-order chi connectivity index (χ0) is 21.5. The van der Waals surface area contributed by atoms with E-state index in [0.717, 1.165) is 48.6 Å². The van der Waals surface area contributed by atoms with Crippen molar-refractivity contribution < 1.29 is 9.47 Å². The topological polar surface area (TPSA) is 105 Å². The van der Waals surface area contributed by atoms with E-state index in [1.165, 1.54) is 18.8 Å². The fraction of sp³-hybridized carbons (Fsp3) is 0.304. The maximum absolute atomic E-state index is 8.88. The van der Waals surface area contributed by atoms with Crippen molar-refractivity contribution in [3.63, 3.8) is 0 Å². The van der Waals surface area contributed by atoms with Crippen LogP contribution in [-0.4, -0.2) is 41.3 Å². The number of anilines is 3. The van der Waals surface area contributed by atoms with E-state index in [1.807, 2.05) is 42.6 Å². The average molecular weight is 416 g/mol. The molecule has 1 aliphatic heterocycles. The Kier molecular flexibility index (Phi) is 6.55. The van der Waals surface area contributed by atoms with Gasteiger partial charge in [0.15, 0.2) is 5.69 Å². The molecule has 1 aromatic carbocycles. The molecule has 31 heavy (non-hydrogen) atoms. The molecule has 1 aliphatic rings. The summed E-state index contributed by atoms with van der Waals surface area (Å²) in [6.07, 6.45) is 8.34. The molecule has 3 aromatic rings. The molecule has 1 atom stereocenters. The van der Waals surface area contributed by atoms with Gasteiger partial charge in [-0.15, -0.1) is 0 Å². The highest BCUT2D eigenvalue weighted by Gasteiger charge is 2.15. The molecule has 2 N–H and O–H groups in total. The summed E-state index contributed by atoms with van der Waals surface area (Å²) in [4.78, 5) is 12.8. The lowest BCUT2D eigenvalue weighted by Gasteiger charge is -2.24. The molecule has 0 unspecified atom stereocenters. The Morgan fingerprint density at radius 2 is 1.94 bits per heavy atom. The van der Waals surface area contributed by atoms with E-state index in [0.29, 0.717) is 11.6 Å². The van der Waals surface area contributed by atoms with Gasteiger partial charge in [-0.05, 0) is 37.0 Å². The molecule has 0 bridgehead atoms. The van der Waals surface area contributed by atoms with Gasteiger partial charge in [-0.1, -0.05) is 12.1 Å². The first-order valence-electron chi connectivity index (χ1n) is 10.2. The van der Waals surface area contributed by atoms with E-state index in [2.05, 4.69) is 25.6 Å². The third-order valence-electron chi connectivity index (χ3n) is 5.12. The van der Waals surface area contributed by atoms with Crippen molar-refractivity contribution in [1.82, 2.24) is 15.0 Å². The number of benzene rings is 1. The van der Waals surface area contributed by atoms with Gasteiger partial charge in [0, 0.05) is 36.7 Å². The zero-order valence-electron chi connectivity index (χ0n) is 17.3. The van der Waals surface area contributed by atoms with Gasteiger partial charge in [0.1, 0.15) is 23.5 Å². The molecule has 8 heteroatoms. The van der Waals surface area contributed by atoms with Crippen LogP contribution in [-0.2, 0) is 4.74 Å². The van der Waals surface area contributed by atoms with Crippen molar-refractivity contribution in [2.24, 2.45) is 0 Å². The molecule has 158 valence electrons. The maximum atomic E-state index is 8.88. The Morgan fingerprint density at radius 3 is 2.61 bits per heavy atom. The van der Waals surface area contributed by atoms with E-state index in [-0.39, 0.29) is 11.8 Å². The minimum absolute atomic E-state index is 0.200. The molecule has 1 saturated heterocycles. The number of pyridine rings is 1. The van der Waals surface area contributed by atoms with Gasteiger partial charge in [-0.3, -0.25) is 0 Å². The van der Waals surface area contributed by atoms with Crippen LogP contribution in [0.1, 0.15) is 25.0 Å². The number of nitrogens with one attached hydrogen (secondary N) is 2. The van der Waals surface area contributed by atoms with Crippen LogP contribution < -0.4 is 15.4 Å². The molecule has 0 spiro atoms. The molecule has 0 radical (unpaired) electrons. The summed E-state index contributed by atoms with van der Waals surface area (Å²) in [6.45, 7) is 1.54. The second kappa shape index (κ2) is 9.87. The number of methoxy groups -OCH3 is 1. The number of hydrogen-bond donors (Lipinski definition) is 2. The van der Waals surface area contributed by atoms with Crippen molar-refractivity contribution in [3.8, 4) is 22.9 Å². The average Bonchev–Trinajstić information content (AvgIpc) is 2.84. The van der Waals surface area contributed by atoms with Crippen LogP contribution in [0.5, 0.6) is 5.75 Å². The van der Waals surface area contributed by atoms with Crippen LogP contribution in [0, 0.1) is 11.3 Å². The van der Waals surface area contributed by atoms with Crippen molar-refractivity contribution >= 4 is 17.3 Å². The number of ether oxygens (including phenoxy) is 2. The molecule has 3 heterocycles. The number of nitriles is 1. The summed E-state index contributed by atoms with van der Waals surface area (Å²) >= 11 is 0. The van der Waals surface area contributed by atoms with Gasteiger partial charge in [0.25, 0.3) is 0 Å². The minimum atomic E-state index is 0.200. The number of nitrogens with zero attached hydrogens (tertiary/aromatic N) is 4. The summed E-state index contributed by atoms with van der Waals surface area (Å²) in [5.41, 5.74) is 3.22. The molecular formula is C23H24N6O2. The number of hydrogen-bond acceptors (Lipinski definition) is 8. The van der Waals surface area contributed by atoms with E-state index in [1.54, 1.807) is 7.11 Å². The minimum Gasteiger partial charge on any atom is -0.497 e. The summed E-state index contributed by atoms with van der Waals surface area (Å²) < 4.78 is 11.1. The molecule has 8 nitrogen and oxygen atoms in total. The first-order chi connectivity index (χ1) is 15.2. The molecule has 0 aliphatic carbocycles. The van der Waals surface area contributed by atoms with Gasteiger partial charge >= 0.3 is 0 Å².